The minimum atomic E-state index is 0.842. The Kier molecular flexibility index (Phi) is 2.14. The second-order valence-electron chi connectivity index (χ2n) is 4.00. The summed E-state index contributed by atoms with van der Waals surface area (Å²) in [5.41, 5.74) is 1.28. The first-order chi connectivity index (χ1) is 6.81. The lowest BCUT2D eigenvalue weighted by molar-refractivity contribution is 0.558. The predicted molar refractivity (Wildman–Crippen MR) is 63.4 cm³/mol. The molecule has 3 heteroatoms. The van der Waals surface area contributed by atoms with Gasteiger partial charge in [0.2, 0.25) is 0 Å². The molecule has 74 valence electrons. The summed E-state index contributed by atoms with van der Waals surface area (Å²) in [5.74, 6) is 0. The van der Waals surface area contributed by atoms with E-state index in [1.165, 1.54) is 25.2 Å². The monoisotopic (exact) mass is 225 g/mol. The van der Waals surface area contributed by atoms with Crippen molar-refractivity contribution in [3.63, 3.8) is 0 Å². The van der Waals surface area contributed by atoms with Gasteiger partial charge in [-0.15, -0.1) is 0 Å². The van der Waals surface area contributed by atoms with Crippen LogP contribution < -0.4 is 4.90 Å². The largest absolute Gasteiger partial charge is 0.369 e. The van der Waals surface area contributed by atoms with Crippen molar-refractivity contribution in [3.05, 3.63) is 29.3 Å². The summed E-state index contributed by atoms with van der Waals surface area (Å²) in [6.07, 6.45) is 1.42. The molecule has 2 bridgehead atoms. The average molecular weight is 226 g/mol. The van der Waals surface area contributed by atoms with Gasteiger partial charge in [-0.1, -0.05) is 17.7 Å². The second-order valence-corrected chi connectivity index (χ2v) is 6.04. The molecule has 0 saturated carbocycles. The summed E-state index contributed by atoms with van der Waals surface area (Å²) >= 11 is 8.12. The van der Waals surface area contributed by atoms with Crippen molar-refractivity contribution >= 4 is 29.1 Å². The van der Waals surface area contributed by atoms with Gasteiger partial charge in [-0.2, -0.15) is 11.8 Å². The van der Waals surface area contributed by atoms with E-state index in [0.717, 1.165) is 15.5 Å². The van der Waals surface area contributed by atoms with Crippen LogP contribution >= 0.6 is 23.4 Å². The van der Waals surface area contributed by atoms with Gasteiger partial charge in [0.25, 0.3) is 0 Å². The maximum Gasteiger partial charge on any atom is 0.0426 e. The Balaban J connectivity index is 1.82. The molecular weight excluding hydrogens is 214 g/mol. The zero-order valence-corrected chi connectivity index (χ0v) is 9.39. The van der Waals surface area contributed by atoms with Gasteiger partial charge in [-0.25, -0.2) is 0 Å². The van der Waals surface area contributed by atoms with Crippen LogP contribution in [-0.4, -0.2) is 23.6 Å². The molecule has 1 aromatic carbocycles. The highest BCUT2D eigenvalue weighted by atomic mass is 35.5. The van der Waals surface area contributed by atoms with Gasteiger partial charge >= 0.3 is 0 Å². The lowest BCUT2D eigenvalue weighted by atomic mass is 10.1. The standard InChI is InChI=1S/C11H12ClNS/c12-8-2-1-3-9(4-8)13-6-10-5-11(7-13)14-10/h1-4,10-11H,5-7H2. The SMILES string of the molecule is Clc1cccc(N2CC3CC(C2)S3)c1. The van der Waals surface area contributed by atoms with Crippen LogP contribution in [0.3, 0.4) is 0 Å². The highest BCUT2D eigenvalue weighted by Crippen LogP contribution is 2.42. The lowest BCUT2D eigenvalue weighted by Gasteiger charge is -2.47. The zero-order chi connectivity index (χ0) is 9.54. The van der Waals surface area contributed by atoms with E-state index in [2.05, 4.69) is 28.8 Å². The molecule has 3 heterocycles. The first-order valence-corrected chi connectivity index (χ1v) is 6.29. The number of benzene rings is 1. The highest BCUT2D eigenvalue weighted by molar-refractivity contribution is 8.02. The molecule has 0 N–H and O–H groups in total. The summed E-state index contributed by atoms with van der Waals surface area (Å²) in [6, 6.07) is 8.19. The Hall–Kier alpha value is -0.340. The summed E-state index contributed by atoms with van der Waals surface area (Å²) in [7, 11) is 0. The van der Waals surface area contributed by atoms with Gasteiger partial charge in [0, 0.05) is 34.3 Å². The molecule has 14 heavy (non-hydrogen) atoms. The van der Waals surface area contributed by atoms with Crippen LogP contribution in [-0.2, 0) is 0 Å². The molecule has 3 aliphatic rings. The molecule has 1 aromatic rings. The summed E-state index contributed by atoms with van der Waals surface area (Å²) in [6.45, 7) is 2.39. The number of anilines is 1. The molecule has 3 saturated heterocycles. The average Bonchev–Trinajstić information content (AvgIpc) is 2.17. The Bertz CT molecular complexity index is 339. The Morgan fingerprint density at radius 3 is 2.64 bits per heavy atom. The van der Waals surface area contributed by atoms with Crippen LogP contribution in [0, 0.1) is 0 Å². The summed E-state index contributed by atoms with van der Waals surface area (Å²) in [4.78, 5) is 2.46. The minimum Gasteiger partial charge on any atom is -0.369 e. The lowest BCUT2D eigenvalue weighted by Crippen LogP contribution is -2.51. The van der Waals surface area contributed by atoms with Crippen molar-refractivity contribution in [2.24, 2.45) is 0 Å². The molecule has 0 amide bonds. The number of hydrogen-bond donors (Lipinski definition) is 0. The normalized spacial score (nSPS) is 29.9. The Labute approximate surface area is 93.4 Å². The first kappa shape index (κ1) is 8.93. The first-order valence-electron chi connectivity index (χ1n) is 4.97. The van der Waals surface area contributed by atoms with E-state index < -0.39 is 0 Å². The van der Waals surface area contributed by atoms with Crippen LogP contribution in [0.1, 0.15) is 6.42 Å². The summed E-state index contributed by atoms with van der Waals surface area (Å²) < 4.78 is 0. The molecule has 1 nitrogen and oxygen atoms in total. The third-order valence-corrected chi connectivity index (χ3v) is 4.62. The van der Waals surface area contributed by atoms with Gasteiger partial charge in [-0.05, 0) is 24.6 Å². The third kappa shape index (κ3) is 1.51. The van der Waals surface area contributed by atoms with Gasteiger partial charge < -0.3 is 4.90 Å². The molecular formula is C11H12ClNS. The molecule has 0 aliphatic carbocycles. The van der Waals surface area contributed by atoms with Crippen molar-refractivity contribution in [1.82, 2.24) is 0 Å². The third-order valence-electron chi connectivity index (χ3n) is 2.93. The fraction of sp³-hybridized carbons (Fsp3) is 0.455. The number of fused-ring (bicyclic) bond motifs is 2. The molecule has 4 rings (SSSR count). The van der Waals surface area contributed by atoms with Gasteiger partial charge in [0.15, 0.2) is 0 Å². The molecule has 0 radical (unpaired) electrons. The quantitative estimate of drug-likeness (QED) is 0.723. The molecule has 3 fully saturated rings. The minimum absolute atomic E-state index is 0.842. The van der Waals surface area contributed by atoms with Gasteiger partial charge in [0.05, 0.1) is 0 Å². The van der Waals surface area contributed by atoms with Crippen molar-refractivity contribution in [1.29, 1.82) is 0 Å². The van der Waals surface area contributed by atoms with Crippen LogP contribution in [0.25, 0.3) is 0 Å². The zero-order valence-electron chi connectivity index (χ0n) is 7.82. The van der Waals surface area contributed by atoms with Crippen LogP contribution in [0.4, 0.5) is 5.69 Å². The fourth-order valence-corrected chi connectivity index (χ4v) is 3.83. The predicted octanol–water partition coefficient (Wildman–Crippen LogP) is 3.03. The Morgan fingerprint density at radius 1 is 1.29 bits per heavy atom. The van der Waals surface area contributed by atoms with Crippen LogP contribution in [0.2, 0.25) is 5.02 Å². The molecule has 2 unspecified atom stereocenters. The van der Waals surface area contributed by atoms with Crippen molar-refractivity contribution in [3.8, 4) is 0 Å². The fourth-order valence-electron chi connectivity index (χ4n) is 2.24. The van der Waals surface area contributed by atoms with E-state index >= 15 is 0 Å². The van der Waals surface area contributed by atoms with Crippen molar-refractivity contribution in [2.75, 3.05) is 18.0 Å². The van der Waals surface area contributed by atoms with E-state index in [0.29, 0.717) is 0 Å². The molecule has 2 atom stereocenters. The number of nitrogens with zero attached hydrogens (tertiary/aromatic N) is 1. The number of thioether (sulfide) groups is 1. The Morgan fingerprint density at radius 2 is 2.00 bits per heavy atom. The molecule has 0 spiro atoms. The maximum atomic E-state index is 5.98. The van der Waals surface area contributed by atoms with E-state index in [1.54, 1.807) is 0 Å². The van der Waals surface area contributed by atoms with Crippen LogP contribution in [0.5, 0.6) is 0 Å². The van der Waals surface area contributed by atoms with E-state index in [1.807, 2.05) is 12.1 Å². The topological polar surface area (TPSA) is 3.24 Å². The maximum absolute atomic E-state index is 5.98. The van der Waals surface area contributed by atoms with Gasteiger partial charge in [-0.3, -0.25) is 0 Å². The summed E-state index contributed by atoms with van der Waals surface area (Å²) in [5, 5.41) is 2.58. The van der Waals surface area contributed by atoms with E-state index in [9.17, 15) is 0 Å². The number of piperidine rings is 1. The number of rotatable bonds is 1. The number of halogens is 1. The smallest absolute Gasteiger partial charge is 0.0426 e. The second kappa shape index (κ2) is 3.35. The van der Waals surface area contributed by atoms with Crippen LogP contribution in [0.15, 0.2) is 24.3 Å². The molecule has 0 aromatic heterocycles. The highest BCUT2D eigenvalue weighted by Gasteiger charge is 2.37. The van der Waals surface area contributed by atoms with E-state index in [4.69, 9.17) is 11.6 Å². The van der Waals surface area contributed by atoms with E-state index in [-0.39, 0.29) is 0 Å². The van der Waals surface area contributed by atoms with Crippen molar-refractivity contribution in [2.45, 2.75) is 16.9 Å². The van der Waals surface area contributed by atoms with Gasteiger partial charge in [0.1, 0.15) is 0 Å². The molecule has 3 aliphatic heterocycles. The number of hydrogen-bond acceptors (Lipinski definition) is 2. The van der Waals surface area contributed by atoms with Crippen molar-refractivity contribution < 1.29 is 0 Å².